The number of carbonyl (C=O) groups is 3. The van der Waals surface area contributed by atoms with E-state index in [4.69, 9.17) is 9.47 Å². The van der Waals surface area contributed by atoms with E-state index in [0.29, 0.717) is 55.3 Å². The summed E-state index contributed by atoms with van der Waals surface area (Å²) in [6.45, 7) is 13.1. The molecule has 1 aromatic rings. The first-order chi connectivity index (χ1) is 17.6. The normalized spacial score (nSPS) is 19.3. The number of ether oxygens (including phenoxy) is 2. The van der Waals surface area contributed by atoms with Crippen molar-refractivity contribution in [3.8, 4) is 5.75 Å². The zero-order chi connectivity index (χ0) is 27.2. The maximum absolute atomic E-state index is 13.4. The predicted octanol–water partition coefficient (Wildman–Crippen LogP) is 3.11. The first kappa shape index (κ1) is 28.3. The lowest BCUT2D eigenvalue weighted by Crippen LogP contribution is -2.51. The van der Waals surface area contributed by atoms with Crippen molar-refractivity contribution in [3.63, 3.8) is 0 Å². The number of rotatable bonds is 7. The van der Waals surface area contributed by atoms with E-state index < -0.39 is 12.0 Å². The number of hydrogen-bond donors (Lipinski definition) is 2. The number of nitrogens with one attached hydrogen (secondary N) is 2. The number of carbonyl (C=O) groups excluding carboxylic acids is 3. The zero-order valence-electron chi connectivity index (χ0n) is 22.9. The monoisotopic (exact) mass is 515 g/mol. The molecule has 0 radical (unpaired) electrons. The van der Waals surface area contributed by atoms with Crippen LogP contribution in [0.3, 0.4) is 0 Å². The van der Waals surface area contributed by atoms with E-state index in [1.165, 1.54) is 0 Å². The van der Waals surface area contributed by atoms with Crippen molar-refractivity contribution >= 4 is 18.0 Å². The van der Waals surface area contributed by atoms with Crippen LogP contribution < -0.4 is 15.4 Å². The third-order valence-electron chi connectivity index (χ3n) is 6.43. The molecule has 2 heterocycles. The fourth-order valence-corrected chi connectivity index (χ4v) is 4.74. The summed E-state index contributed by atoms with van der Waals surface area (Å²) >= 11 is 0. The third kappa shape index (κ3) is 6.94. The van der Waals surface area contributed by atoms with E-state index in [2.05, 4.69) is 15.5 Å². The van der Waals surface area contributed by atoms with Crippen LogP contribution in [-0.2, 0) is 9.53 Å². The summed E-state index contributed by atoms with van der Waals surface area (Å²) in [5.74, 6) is 0.113. The number of likely N-dealkylation sites (N-methyl/N-ethyl adjacent to an activating group) is 1. The van der Waals surface area contributed by atoms with Gasteiger partial charge >= 0.3 is 18.0 Å². The van der Waals surface area contributed by atoms with Crippen molar-refractivity contribution in [2.45, 2.75) is 52.6 Å². The zero-order valence-corrected chi connectivity index (χ0v) is 22.9. The average molecular weight is 516 g/mol. The molecule has 0 unspecified atom stereocenters. The number of hydrogen-bond acceptors (Lipinski definition) is 6. The van der Waals surface area contributed by atoms with Crippen molar-refractivity contribution in [3.05, 3.63) is 41.1 Å². The summed E-state index contributed by atoms with van der Waals surface area (Å²) in [4.78, 5) is 45.0. The summed E-state index contributed by atoms with van der Waals surface area (Å²) in [5, 5.41) is 6.02. The quantitative estimate of drug-likeness (QED) is 0.541. The first-order valence-electron chi connectivity index (χ1n) is 13.0. The third-order valence-corrected chi connectivity index (χ3v) is 6.43. The number of methoxy groups -OCH3 is 1. The van der Waals surface area contributed by atoms with Crippen molar-refractivity contribution in [1.82, 2.24) is 25.3 Å². The van der Waals surface area contributed by atoms with Gasteiger partial charge in [-0.05, 0) is 47.1 Å². The van der Waals surface area contributed by atoms with E-state index in [0.717, 1.165) is 13.0 Å². The minimum Gasteiger partial charge on any atom is -0.496 e. The molecule has 0 spiro atoms. The maximum atomic E-state index is 13.4. The second kappa shape index (κ2) is 12.3. The van der Waals surface area contributed by atoms with Crippen LogP contribution in [0.25, 0.3) is 0 Å². The molecule has 10 nitrogen and oxygen atoms in total. The van der Waals surface area contributed by atoms with Gasteiger partial charge in [0, 0.05) is 56.1 Å². The Morgan fingerprint density at radius 2 is 1.84 bits per heavy atom. The topological polar surface area (TPSA) is 103 Å². The molecule has 1 saturated heterocycles. The Kier molecular flexibility index (Phi) is 9.42. The summed E-state index contributed by atoms with van der Waals surface area (Å²) in [6.07, 6.45) is 0.786. The number of benzene rings is 1. The minimum absolute atomic E-state index is 0.0794. The van der Waals surface area contributed by atoms with E-state index in [-0.39, 0.29) is 24.2 Å². The van der Waals surface area contributed by atoms with E-state index in [1.54, 1.807) is 18.9 Å². The molecule has 0 aromatic heterocycles. The van der Waals surface area contributed by atoms with Crippen LogP contribution in [-0.4, -0.2) is 91.3 Å². The molecule has 2 aliphatic rings. The highest BCUT2D eigenvalue weighted by atomic mass is 16.5. The van der Waals surface area contributed by atoms with Gasteiger partial charge in [-0.15, -0.1) is 0 Å². The highest BCUT2D eigenvalue weighted by molar-refractivity contribution is 5.95. The van der Waals surface area contributed by atoms with Crippen LogP contribution in [0.5, 0.6) is 5.75 Å². The molecule has 10 heteroatoms. The van der Waals surface area contributed by atoms with Crippen LogP contribution >= 0.6 is 0 Å². The lowest BCUT2D eigenvalue weighted by molar-refractivity contribution is -0.139. The predicted molar refractivity (Wildman–Crippen MR) is 141 cm³/mol. The maximum Gasteiger partial charge on any atom is 0.338 e. The summed E-state index contributed by atoms with van der Waals surface area (Å²) < 4.78 is 11.0. The Balaban J connectivity index is 1.95. The summed E-state index contributed by atoms with van der Waals surface area (Å²) in [6, 6.07) is 6.29. The summed E-state index contributed by atoms with van der Waals surface area (Å²) in [7, 11) is 1.56. The lowest BCUT2D eigenvalue weighted by Gasteiger charge is -2.38. The molecule has 2 N–H and O–H groups in total. The van der Waals surface area contributed by atoms with Gasteiger partial charge in [0.15, 0.2) is 0 Å². The fourth-order valence-electron chi connectivity index (χ4n) is 4.74. The Bertz CT molecular complexity index is 1020. The standard InChI is InChI=1S/C27H41N5O5/c1-7-32-20(18-30-14-11-15-31(17-16-30)26(35)29-27(3,4)5)22(24(33)37-8-2)23(28-25(32)34)19-12-9-10-13-21(19)36-6/h9-10,12-13,23H,7-8,11,14-18H2,1-6H3,(H,28,34)(H,29,35)/t23-/m0/s1. The number of urea groups is 2. The molecule has 0 saturated carbocycles. The molecule has 204 valence electrons. The van der Waals surface area contributed by atoms with Gasteiger partial charge in [-0.3, -0.25) is 9.80 Å². The van der Waals surface area contributed by atoms with Crippen molar-refractivity contribution < 1.29 is 23.9 Å². The van der Waals surface area contributed by atoms with Crippen LogP contribution in [0, 0.1) is 0 Å². The lowest BCUT2D eigenvalue weighted by atomic mass is 9.93. The van der Waals surface area contributed by atoms with Crippen molar-refractivity contribution in [2.24, 2.45) is 0 Å². The van der Waals surface area contributed by atoms with Gasteiger partial charge in [-0.1, -0.05) is 18.2 Å². The number of para-hydroxylation sites is 1. The molecular formula is C27H41N5O5. The van der Waals surface area contributed by atoms with Gasteiger partial charge in [0.2, 0.25) is 0 Å². The molecule has 2 aliphatic heterocycles. The Morgan fingerprint density at radius 3 is 2.49 bits per heavy atom. The molecule has 37 heavy (non-hydrogen) atoms. The molecule has 1 fully saturated rings. The van der Waals surface area contributed by atoms with Crippen LogP contribution in [0.4, 0.5) is 9.59 Å². The second-order valence-electron chi connectivity index (χ2n) is 10.2. The fraction of sp³-hybridized carbons (Fsp3) is 0.593. The van der Waals surface area contributed by atoms with E-state index in [9.17, 15) is 14.4 Å². The number of nitrogens with zero attached hydrogens (tertiary/aromatic N) is 3. The smallest absolute Gasteiger partial charge is 0.338 e. The van der Waals surface area contributed by atoms with Crippen molar-refractivity contribution in [2.75, 3.05) is 53.0 Å². The van der Waals surface area contributed by atoms with Gasteiger partial charge in [0.05, 0.1) is 25.3 Å². The largest absolute Gasteiger partial charge is 0.496 e. The highest BCUT2D eigenvalue weighted by Crippen LogP contribution is 2.36. The molecule has 4 amide bonds. The Hall–Kier alpha value is -3.27. The van der Waals surface area contributed by atoms with Crippen molar-refractivity contribution in [1.29, 1.82) is 0 Å². The van der Waals surface area contributed by atoms with Gasteiger partial charge < -0.3 is 25.0 Å². The molecule has 3 rings (SSSR count). The van der Waals surface area contributed by atoms with Gasteiger partial charge in [-0.2, -0.15) is 0 Å². The average Bonchev–Trinajstić information content (AvgIpc) is 3.08. The summed E-state index contributed by atoms with van der Waals surface area (Å²) in [5.41, 5.74) is 1.40. The minimum atomic E-state index is -0.707. The van der Waals surface area contributed by atoms with Crippen LogP contribution in [0.1, 0.15) is 52.6 Å². The van der Waals surface area contributed by atoms with Crippen LogP contribution in [0.15, 0.2) is 35.5 Å². The Labute approximate surface area is 219 Å². The molecule has 1 aromatic carbocycles. The SMILES string of the molecule is CCOC(=O)C1=C(CN2CCCN(C(=O)NC(C)(C)C)CC2)N(CC)C(=O)N[C@H]1c1ccccc1OC. The second-order valence-corrected chi connectivity index (χ2v) is 10.2. The molecular weight excluding hydrogens is 474 g/mol. The van der Waals surface area contributed by atoms with Gasteiger partial charge in [-0.25, -0.2) is 14.4 Å². The number of amides is 4. The molecule has 0 bridgehead atoms. The highest BCUT2D eigenvalue weighted by Gasteiger charge is 2.39. The first-order valence-corrected chi connectivity index (χ1v) is 13.0. The van der Waals surface area contributed by atoms with E-state index >= 15 is 0 Å². The number of esters is 1. The van der Waals surface area contributed by atoms with Gasteiger partial charge in [0.1, 0.15) is 5.75 Å². The van der Waals surface area contributed by atoms with E-state index in [1.807, 2.05) is 56.9 Å². The van der Waals surface area contributed by atoms with Crippen LogP contribution in [0.2, 0.25) is 0 Å². The van der Waals surface area contributed by atoms with Gasteiger partial charge in [0.25, 0.3) is 0 Å². The molecule has 0 aliphatic carbocycles. The molecule has 1 atom stereocenters. The Morgan fingerprint density at radius 1 is 1.11 bits per heavy atom.